The maximum atomic E-state index is 11.9. The molecule has 88 valence electrons. The van der Waals surface area contributed by atoms with Crippen molar-refractivity contribution < 1.29 is 4.79 Å². The second-order valence-corrected chi connectivity index (χ2v) is 5.08. The highest BCUT2D eigenvalue weighted by Gasteiger charge is 2.12. The second-order valence-electron chi connectivity index (χ2n) is 5.08. The summed E-state index contributed by atoms with van der Waals surface area (Å²) in [5.41, 5.74) is 2.00. The van der Waals surface area contributed by atoms with Crippen LogP contribution in [0.15, 0.2) is 24.3 Å². The summed E-state index contributed by atoms with van der Waals surface area (Å²) in [6.07, 6.45) is 0.966. The molecule has 1 rings (SSSR count). The standard InChI is InChI=1S/C14H21NO/c1-5-11-7-6-8-12(9-11)13(16)10-15-14(2,3)4/h6-9,15H,5,10H2,1-4H3. The molecular weight excluding hydrogens is 198 g/mol. The molecule has 0 aliphatic heterocycles. The molecule has 0 aromatic heterocycles. The van der Waals surface area contributed by atoms with Crippen LogP contribution in [0, 0.1) is 0 Å². The van der Waals surface area contributed by atoms with Gasteiger partial charge in [0, 0.05) is 11.1 Å². The summed E-state index contributed by atoms with van der Waals surface area (Å²) in [7, 11) is 0. The molecule has 2 heteroatoms. The number of aryl methyl sites for hydroxylation is 1. The van der Waals surface area contributed by atoms with Crippen LogP contribution in [-0.4, -0.2) is 17.9 Å². The van der Waals surface area contributed by atoms with Gasteiger partial charge in [0.1, 0.15) is 0 Å². The number of nitrogens with one attached hydrogen (secondary N) is 1. The number of rotatable bonds is 4. The van der Waals surface area contributed by atoms with Crippen LogP contribution < -0.4 is 5.32 Å². The van der Waals surface area contributed by atoms with E-state index >= 15 is 0 Å². The Morgan fingerprint density at radius 2 is 2.00 bits per heavy atom. The molecule has 0 saturated carbocycles. The van der Waals surface area contributed by atoms with Gasteiger partial charge in [0.05, 0.1) is 6.54 Å². The molecule has 2 nitrogen and oxygen atoms in total. The molecule has 0 atom stereocenters. The maximum absolute atomic E-state index is 11.9. The minimum absolute atomic E-state index is 0.0158. The van der Waals surface area contributed by atoms with E-state index in [-0.39, 0.29) is 11.3 Å². The number of ketones is 1. The van der Waals surface area contributed by atoms with E-state index in [9.17, 15) is 4.79 Å². The summed E-state index contributed by atoms with van der Waals surface area (Å²) in [4.78, 5) is 11.9. The summed E-state index contributed by atoms with van der Waals surface area (Å²) in [5.74, 6) is 0.158. The van der Waals surface area contributed by atoms with Crippen molar-refractivity contribution >= 4 is 5.78 Å². The second kappa shape index (κ2) is 5.26. The Balaban J connectivity index is 2.66. The number of hydrogen-bond acceptors (Lipinski definition) is 2. The van der Waals surface area contributed by atoms with Crippen LogP contribution in [0.5, 0.6) is 0 Å². The minimum Gasteiger partial charge on any atom is -0.305 e. The lowest BCUT2D eigenvalue weighted by Crippen LogP contribution is -2.39. The van der Waals surface area contributed by atoms with E-state index in [2.05, 4.69) is 33.0 Å². The average Bonchev–Trinajstić information content (AvgIpc) is 2.25. The van der Waals surface area contributed by atoms with Crippen molar-refractivity contribution in [1.29, 1.82) is 0 Å². The van der Waals surface area contributed by atoms with Gasteiger partial charge in [-0.3, -0.25) is 4.79 Å². The average molecular weight is 219 g/mol. The molecule has 1 aromatic rings. The van der Waals surface area contributed by atoms with E-state index in [1.807, 2.05) is 24.3 Å². The molecule has 0 saturated heterocycles. The van der Waals surface area contributed by atoms with E-state index in [0.717, 1.165) is 12.0 Å². The van der Waals surface area contributed by atoms with E-state index in [1.54, 1.807) is 0 Å². The highest BCUT2D eigenvalue weighted by atomic mass is 16.1. The first-order valence-electron chi connectivity index (χ1n) is 5.79. The molecule has 0 aliphatic rings. The fraction of sp³-hybridized carbons (Fsp3) is 0.500. The number of benzene rings is 1. The Bertz CT molecular complexity index is 363. The van der Waals surface area contributed by atoms with Crippen LogP contribution in [0.2, 0.25) is 0 Å². The van der Waals surface area contributed by atoms with Crippen molar-refractivity contribution in [3.8, 4) is 0 Å². The largest absolute Gasteiger partial charge is 0.305 e. The van der Waals surface area contributed by atoms with Gasteiger partial charge in [-0.15, -0.1) is 0 Å². The van der Waals surface area contributed by atoms with Gasteiger partial charge in [-0.2, -0.15) is 0 Å². The molecule has 0 heterocycles. The van der Waals surface area contributed by atoms with Crippen molar-refractivity contribution in [2.75, 3.05) is 6.54 Å². The van der Waals surface area contributed by atoms with Gasteiger partial charge in [0.25, 0.3) is 0 Å². The first-order valence-corrected chi connectivity index (χ1v) is 5.79. The first kappa shape index (κ1) is 12.9. The lowest BCUT2D eigenvalue weighted by atomic mass is 10.0. The zero-order valence-electron chi connectivity index (χ0n) is 10.6. The number of hydrogen-bond donors (Lipinski definition) is 1. The van der Waals surface area contributed by atoms with Gasteiger partial charge >= 0.3 is 0 Å². The fourth-order valence-electron chi connectivity index (χ4n) is 1.41. The molecule has 0 aliphatic carbocycles. The molecule has 0 unspecified atom stereocenters. The van der Waals surface area contributed by atoms with Crippen LogP contribution >= 0.6 is 0 Å². The Morgan fingerprint density at radius 3 is 2.56 bits per heavy atom. The van der Waals surface area contributed by atoms with Crippen LogP contribution in [0.25, 0.3) is 0 Å². The predicted octanol–water partition coefficient (Wildman–Crippen LogP) is 2.82. The van der Waals surface area contributed by atoms with Gasteiger partial charge in [0.15, 0.2) is 5.78 Å². The molecule has 0 fully saturated rings. The van der Waals surface area contributed by atoms with Crippen LogP contribution in [0.4, 0.5) is 0 Å². The molecule has 1 N–H and O–H groups in total. The third-order valence-corrected chi connectivity index (χ3v) is 2.44. The minimum atomic E-state index is -0.0158. The molecule has 0 spiro atoms. The van der Waals surface area contributed by atoms with E-state index in [4.69, 9.17) is 0 Å². The fourth-order valence-corrected chi connectivity index (χ4v) is 1.41. The van der Waals surface area contributed by atoms with Gasteiger partial charge in [-0.1, -0.05) is 25.1 Å². The van der Waals surface area contributed by atoms with Crippen LogP contribution in [-0.2, 0) is 6.42 Å². The van der Waals surface area contributed by atoms with E-state index in [0.29, 0.717) is 6.54 Å². The maximum Gasteiger partial charge on any atom is 0.176 e. The lowest BCUT2D eigenvalue weighted by molar-refractivity contribution is 0.0982. The Hall–Kier alpha value is -1.15. The number of carbonyl (C=O) groups is 1. The zero-order valence-corrected chi connectivity index (χ0v) is 10.6. The SMILES string of the molecule is CCc1cccc(C(=O)CNC(C)(C)C)c1. The lowest BCUT2D eigenvalue weighted by Gasteiger charge is -2.19. The Morgan fingerprint density at radius 1 is 1.31 bits per heavy atom. The normalized spacial score (nSPS) is 11.5. The monoisotopic (exact) mass is 219 g/mol. The van der Waals surface area contributed by atoms with Gasteiger partial charge in [0.2, 0.25) is 0 Å². The van der Waals surface area contributed by atoms with Crippen LogP contribution in [0.3, 0.4) is 0 Å². The quantitative estimate of drug-likeness (QED) is 0.789. The Labute approximate surface area is 98.1 Å². The van der Waals surface area contributed by atoms with Crippen molar-refractivity contribution in [2.45, 2.75) is 39.7 Å². The van der Waals surface area contributed by atoms with Crippen molar-refractivity contribution in [3.05, 3.63) is 35.4 Å². The summed E-state index contributed by atoms with van der Waals surface area (Å²) >= 11 is 0. The summed E-state index contributed by atoms with van der Waals surface area (Å²) in [5, 5.41) is 3.21. The highest BCUT2D eigenvalue weighted by Crippen LogP contribution is 2.07. The first-order chi connectivity index (χ1) is 7.42. The molecule has 16 heavy (non-hydrogen) atoms. The molecular formula is C14H21NO. The topological polar surface area (TPSA) is 29.1 Å². The van der Waals surface area contributed by atoms with Crippen LogP contribution in [0.1, 0.15) is 43.6 Å². The summed E-state index contributed by atoms with van der Waals surface area (Å²) < 4.78 is 0. The van der Waals surface area contributed by atoms with E-state index < -0.39 is 0 Å². The summed E-state index contributed by atoms with van der Waals surface area (Å²) in [6.45, 7) is 8.67. The van der Waals surface area contributed by atoms with Gasteiger partial charge < -0.3 is 5.32 Å². The molecule has 0 radical (unpaired) electrons. The number of carbonyl (C=O) groups excluding carboxylic acids is 1. The smallest absolute Gasteiger partial charge is 0.176 e. The highest BCUT2D eigenvalue weighted by molar-refractivity contribution is 5.97. The van der Waals surface area contributed by atoms with Crippen molar-refractivity contribution in [3.63, 3.8) is 0 Å². The van der Waals surface area contributed by atoms with Gasteiger partial charge in [-0.05, 0) is 38.8 Å². The molecule has 0 bridgehead atoms. The van der Waals surface area contributed by atoms with Gasteiger partial charge in [-0.25, -0.2) is 0 Å². The zero-order chi connectivity index (χ0) is 12.2. The summed E-state index contributed by atoms with van der Waals surface area (Å²) in [6, 6.07) is 7.86. The van der Waals surface area contributed by atoms with E-state index in [1.165, 1.54) is 5.56 Å². The third kappa shape index (κ3) is 4.15. The van der Waals surface area contributed by atoms with Crippen molar-refractivity contribution in [2.24, 2.45) is 0 Å². The third-order valence-electron chi connectivity index (χ3n) is 2.44. The Kier molecular flexibility index (Phi) is 4.25. The molecule has 0 amide bonds. The molecule has 1 aromatic carbocycles. The number of Topliss-reactive ketones (excluding diaryl/α,β-unsaturated/α-hetero) is 1. The van der Waals surface area contributed by atoms with Crippen molar-refractivity contribution in [1.82, 2.24) is 5.32 Å². The predicted molar refractivity (Wildman–Crippen MR) is 67.9 cm³/mol.